The van der Waals surface area contributed by atoms with Crippen molar-refractivity contribution in [2.75, 3.05) is 32.9 Å². The minimum Gasteiger partial charge on any atom is -0.508 e. The summed E-state index contributed by atoms with van der Waals surface area (Å²) in [6.45, 7) is 11.6. The monoisotopic (exact) mass is 847 g/mol. The number of hydrogen-bond donors (Lipinski definition) is 9. The van der Waals surface area contributed by atoms with E-state index in [-0.39, 0.29) is 67.2 Å². The summed E-state index contributed by atoms with van der Waals surface area (Å²) < 4.78 is 14.0. The summed E-state index contributed by atoms with van der Waals surface area (Å²) >= 11 is 0. The number of carbonyl (C=O) groups is 1. The third-order valence-corrected chi connectivity index (χ3v) is 20.1. The highest BCUT2D eigenvalue weighted by Gasteiger charge is 2.85. The van der Waals surface area contributed by atoms with E-state index in [2.05, 4.69) is 32.2 Å². The zero-order valence-corrected chi connectivity index (χ0v) is 36.6. The Hall–Kier alpha value is -2.39. The topological polar surface area (TPSA) is 209 Å². The minimum atomic E-state index is -1.74. The molecule has 12 heteroatoms. The fourth-order valence-electron chi connectivity index (χ4n) is 17.2. The highest BCUT2D eigenvalue weighted by Crippen LogP contribution is 2.81. The second-order valence-electron chi connectivity index (χ2n) is 22.1. The van der Waals surface area contributed by atoms with Gasteiger partial charge in [0.1, 0.15) is 28.3 Å². The van der Waals surface area contributed by atoms with E-state index in [0.29, 0.717) is 74.6 Å². The van der Waals surface area contributed by atoms with Gasteiger partial charge in [-0.15, -0.1) is 0 Å². The number of phenols is 2. The Labute approximate surface area is 359 Å². The lowest BCUT2D eigenvalue weighted by Gasteiger charge is -2.67. The molecule has 336 valence electrons. The molecule has 12 rings (SSSR count). The number of fused-ring (bicyclic) bond motifs is 8. The van der Waals surface area contributed by atoms with Crippen LogP contribution < -0.4 is 5.32 Å². The van der Waals surface area contributed by atoms with Gasteiger partial charge in [-0.2, -0.15) is 0 Å². The number of nitrogens with one attached hydrogen (secondary N) is 1. The van der Waals surface area contributed by atoms with E-state index in [1.54, 1.807) is 12.1 Å². The van der Waals surface area contributed by atoms with Crippen LogP contribution in [0.4, 0.5) is 0 Å². The summed E-state index contributed by atoms with van der Waals surface area (Å²) in [5.41, 5.74) is -6.48. The van der Waals surface area contributed by atoms with Crippen molar-refractivity contribution in [3.05, 3.63) is 46.6 Å². The van der Waals surface area contributed by atoms with Crippen LogP contribution in [0, 0.1) is 51.2 Å². The van der Waals surface area contributed by atoms with Crippen LogP contribution in [0.2, 0.25) is 0 Å². The largest absolute Gasteiger partial charge is 0.508 e. The molecule has 1 aromatic rings. The van der Waals surface area contributed by atoms with E-state index in [4.69, 9.17) is 9.47 Å². The maximum atomic E-state index is 15.4. The molecule has 0 aromatic heterocycles. The van der Waals surface area contributed by atoms with Crippen LogP contribution in [0.5, 0.6) is 11.5 Å². The highest BCUT2D eigenvalue weighted by atomic mass is 16.6. The lowest BCUT2D eigenvalue weighted by Crippen LogP contribution is -2.71. The van der Waals surface area contributed by atoms with Crippen molar-refractivity contribution in [3.8, 4) is 11.5 Å². The molecule has 12 nitrogen and oxygen atoms in total. The maximum absolute atomic E-state index is 15.4. The fourth-order valence-corrected chi connectivity index (χ4v) is 17.2. The predicted molar refractivity (Wildman–Crippen MR) is 224 cm³/mol. The van der Waals surface area contributed by atoms with Crippen LogP contribution in [-0.4, -0.2) is 120 Å². The number of ketones is 1. The van der Waals surface area contributed by atoms with Gasteiger partial charge in [0.05, 0.1) is 23.9 Å². The van der Waals surface area contributed by atoms with Gasteiger partial charge in [0.15, 0.2) is 5.78 Å². The van der Waals surface area contributed by atoms with Gasteiger partial charge < -0.3 is 55.6 Å². The number of hydrogen-bond acceptors (Lipinski definition) is 12. The van der Waals surface area contributed by atoms with Crippen molar-refractivity contribution in [3.63, 3.8) is 0 Å². The molecule has 17 unspecified atom stereocenters. The van der Waals surface area contributed by atoms with Crippen molar-refractivity contribution < 1.29 is 55.1 Å². The smallest absolute Gasteiger partial charge is 0.160 e. The number of aliphatic hydroxyl groups is 6. The number of phenolic OH excluding ortho intramolecular Hbond substituents is 2. The van der Waals surface area contributed by atoms with Gasteiger partial charge in [0.2, 0.25) is 0 Å². The van der Waals surface area contributed by atoms with Crippen LogP contribution in [-0.2, 0) is 20.7 Å². The molecule has 2 spiro atoms. The molecule has 1 aliphatic heterocycles. The molecule has 0 radical (unpaired) electrons. The molecule has 6 saturated carbocycles. The molecule has 0 amide bonds. The van der Waals surface area contributed by atoms with Crippen molar-refractivity contribution in [2.24, 2.45) is 51.2 Å². The first-order chi connectivity index (χ1) is 28.8. The third kappa shape index (κ3) is 4.90. The Morgan fingerprint density at radius 2 is 1.72 bits per heavy atom. The zero-order valence-electron chi connectivity index (χ0n) is 36.6. The third-order valence-electron chi connectivity index (χ3n) is 20.1. The lowest BCUT2D eigenvalue weighted by atomic mass is 9.38. The normalized spacial score (nSPS) is 51.2. The molecular weight excluding hydrogens is 779 g/mol. The Balaban J connectivity index is 1.13. The SMILES string of the molecule is CCNCC1=CC2(C)CCC1C1(OC3CC4(O)C5=CC(=O)C6C7c8cc(O)cc(O)c8CCC8CC5(CCC4(C)C3C1(O)CCO)C6(C)CC(OCCCO)C87O)C(O)C2C. The van der Waals surface area contributed by atoms with Crippen molar-refractivity contribution in [2.45, 2.75) is 152 Å². The average molecular weight is 848 g/mol. The Morgan fingerprint density at radius 1 is 0.951 bits per heavy atom. The van der Waals surface area contributed by atoms with E-state index in [1.807, 2.05) is 13.8 Å². The highest BCUT2D eigenvalue weighted by molar-refractivity contribution is 5.96. The van der Waals surface area contributed by atoms with Crippen LogP contribution in [0.25, 0.3) is 0 Å². The Kier molecular flexibility index (Phi) is 9.47. The molecule has 7 fully saturated rings. The number of aromatic hydroxyl groups is 2. The molecule has 1 heterocycles. The number of likely N-dealkylation sites (N-methyl/N-ethyl adjacent to an activating group) is 1. The van der Waals surface area contributed by atoms with E-state index < -0.39 is 80.6 Å². The first kappa shape index (κ1) is 42.6. The van der Waals surface area contributed by atoms with Gasteiger partial charge in [-0.1, -0.05) is 46.3 Å². The summed E-state index contributed by atoms with van der Waals surface area (Å²) in [7, 11) is 0. The summed E-state index contributed by atoms with van der Waals surface area (Å²) in [5, 5.41) is 100. The van der Waals surface area contributed by atoms with E-state index in [1.165, 1.54) is 6.07 Å². The number of allylic oxidation sites excluding steroid dienone is 2. The summed E-state index contributed by atoms with van der Waals surface area (Å²) in [6, 6.07) is 2.92. The maximum Gasteiger partial charge on any atom is 0.160 e. The summed E-state index contributed by atoms with van der Waals surface area (Å²) in [6.07, 6.45) is 6.13. The zero-order chi connectivity index (χ0) is 43.5. The number of carbonyl (C=O) groups excluding carboxylic acids is 1. The quantitative estimate of drug-likeness (QED) is 0.128. The minimum absolute atomic E-state index is 0.0447. The predicted octanol–water partition coefficient (Wildman–Crippen LogP) is 3.93. The van der Waals surface area contributed by atoms with Crippen LogP contribution in [0.3, 0.4) is 0 Å². The molecular formula is C49H69NO11. The first-order valence-electron chi connectivity index (χ1n) is 23.4. The summed E-state index contributed by atoms with van der Waals surface area (Å²) in [5.74, 6) is -3.73. The number of rotatable bonds is 9. The van der Waals surface area contributed by atoms with Crippen molar-refractivity contribution in [1.29, 1.82) is 0 Å². The Bertz CT molecular complexity index is 2070. The van der Waals surface area contributed by atoms with Gasteiger partial charge >= 0.3 is 0 Å². The van der Waals surface area contributed by atoms with Crippen molar-refractivity contribution >= 4 is 5.78 Å². The molecule has 10 aliphatic carbocycles. The van der Waals surface area contributed by atoms with E-state index in [0.717, 1.165) is 18.5 Å². The number of ether oxygens (including phenoxy) is 2. The molecule has 9 N–H and O–H groups in total. The van der Waals surface area contributed by atoms with Gasteiger partial charge in [-0.3, -0.25) is 4.79 Å². The fraction of sp³-hybridized carbons (Fsp3) is 0.776. The van der Waals surface area contributed by atoms with Crippen LogP contribution in [0.15, 0.2) is 35.4 Å². The average Bonchev–Trinajstić information content (AvgIpc) is 3.43. The van der Waals surface area contributed by atoms with Gasteiger partial charge in [-0.05, 0) is 116 Å². The molecule has 11 aliphatic rings. The molecule has 1 saturated heterocycles. The summed E-state index contributed by atoms with van der Waals surface area (Å²) in [4.78, 5) is 15.4. The number of aliphatic hydroxyl groups excluding tert-OH is 3. The molecule has 8 bridgehead atoms. The Morgan fingerprint density at radius 3 is 2.44 bits per heavy atom. The van der Waals surface area contributed by atoms with Gasteiger partial charge in [-0.25, -0.2) is 0 Å². The van der Waals surface area contributed by atoms with Gasteiger partial charge in [0.25, 0.3) is 0 Å². The molecule has 17 atom stereocenters. The van der Waals surface area contributed by atoms with Crippen LogP contribution in [0.1, 0.15) is 116 Å². The van der Waals surface area contributed by atoms with Crippen LogP contribution >= 0.6 is 0 Å². The van der Waals surface area contributed by atoms with Gasteiger partial charge in [0, 0.05) is 79.8 Å². The standard InChI is InChI=1S/C49H69NO11/c1-6-50-25-27-21-42(3)11-10-32(27)49(41(56)26(42)2)46(57,14-16-52)40-35(61-49)23-47(58)36-20-34(55)39-38-31-18-29(53)19-33(54)30(31)9-8-28-22-45(36,13-12-43(40,47)4)44(39,5)24-37(48(28,38)59)60-17-7-15-51/h18-21,26,28,32,35,37-41,50-54,56-59H,6-17,22-25H2,1-5H3. The lowest BCUT2D eigenvalue weighted by molar-refractivity contribution is -0.248. The van der Waals surface area contributed by atoms with Crippen molar-refractivity contribution in [1.82, 2.24) is 5.32 Å². The second-order valence-corrected chi connectivity index (χ2v) is 22.1. The second kappa shape index (κ2) is 13.6. The number of benzene rings is 1. The van der Waals surface area contributed by atoms with E-state index >= 15 is 4.79 Å². The molecule has 1 aromatic carbocycles. The van der Waals surface area contributed by atoms with E-state index in [9.17, 15) is 40.9 Å². The first-order valence-corrected chi connectivity index (χ1v) is 23.4. The molecule has 61 heavy (non-hydrogen) atoms.